The van der Waals surface area contributed by atoms with Gasteiger partial charge in [-0.05, 0) is 18.6 Å². The maximum Gasteiger partial charge on any atom is 0.244 e. The summed E-state index contributed by atoms with van der Waals surface area (Å²) < 4.78 is 0. The molecule has 0 saturated heterocycles. The van der Waals surface area contributed by atoms with Crippen molar-refractivity contribution in [1.29, 1.82) is 0 Å². The average Bonchev–Trinajstić information content (AvgIpc) is 2.50. The summed E-state index contributed by atoms with van der Waals surface area (Å²) in [7, 11) is 0. The zero-order chi connectivity index (χ0) is 16.0. The third kappa shape index (κ3) is 9.26. The number of nitrogens with one attached hydrogen (secondary N) is 2. The molecule has 0 atom stereocenters. The van der Waals surface area contributed by atoms with Crippen molar-refractivity contribution in [2.45, 2.75) is 13.3 Å². The van der Waals surface area contributed by atoms with Gasteiger partial charge in [-0.2, -0.15) is 0 Å². The Bertz CT molecular complexity index is 276. The van der Waals surface area contributed by atoms with E-state index in [0.29, 0.717) is 6.42 Å². The van der Waals surface area contributed by atoms with Crippen molar-refractivity contribution in [3.63, 3.8) is 0 Å². The highest BCUT2D eigenvalue weighted by Crippen LogP contribution is 2.18. The van der Waals surface area contributed by atoms with Crippen LogP contribution in [0.3, 0.4) is 0 Å². The van der Waals surface area contributed by atoms with Crippen molar-refractivity contribution in [1.82, 2.24) is 10.6 Å². The molecule has 0 unspecified atom stereocenters. The second-order valence-electron chi connectivity index (χ2n) is 3.99. The minimum Gasteiger partial charge on any atom is -0.396 e. The van der Waals surface area contributed by atoms with Crippen LogP contribution in [0.4, 0.5) is 0 Å². The highest BCUT2D eigenvalue weighted by atomic mass is 16.3. The molecule has 0 saturated carbocycles. The third-order valence-electron chi connectivity index (χ3n) is 2.65. The zero-order valence-corrected chi connectivity index (χ0v) is 11.8. The molecular weight excluding hydrogens is 264 g/mol. The molecule has 0 aliphatic heterocycles. The van der Waals surface area contributed by atoms with E-state index in [0.717, 1.165) is 12.2 Å². The van der Waals surface area contributed by atoms with E-state index < -0.39 is 5.41 Å². The summed E-state index contributed by atoms with van der Waals surface area (Å²) in [6.45, 7) is 7.91. The Morgan fingerprint density at radius 1 is 1.00 bits per heavy atom. The maximum absolute atomic E-state index is 10.5. The van der Waals surface area contributed by atoms with Crippen LogP contribution in [0.5, 0.6) is 0 Å². The second kappa shape index (κ2) is 12.3. The molecule has 0 aromatic rings. The summed E-state index contributed by atoms with van der Waals surface area (Å²) >= 11 is 0. The monoisotopic (exact) mass is 288 g/mol. The maximum atomic E-state index is 10.5. The van der Waals surface area contributed by atoms with E-state index in [-0.39, 0.29) is 38.3 Å². The van der Waals surface area contributed by atoms with Gasteiger partial charge in [-0.15, -0.1) is 0 Å². The number of carbonyl (C=O) groups excluding carboxylic acids is 2. The smallest absolute Gasteiger partial charge is 0.244 e. The molecule has 116 valence electrons. The van der Waals surface area contributed by atoms with Crippen molar-refractivity contribution in [2.75, 3.05) is 26.5 Å². The Morgan fingerprint density at radius 2 is 1.35 bits per heavy atom. The molecule has 0 fully saturated rings. The molecule has 0 radical (unpaired) electrons. The lowest BCUT2D eigenvalue weighted by molar-refractivity contribution is -0.118. The first kappa shape index (κ1) is 20.6. The number of hydrogen-bond acceptors (Lipinski definition) is 5. The van der Waals surface area contributed by atoms with Gasteiger partial charge in [-0.1, -0.05) is 20.1 Å². The van der Waals surface area contributed by atoms with Crippen LogP contribution in [-0.4, -0.2) is 53.6 Å². The molecule has 5 N–H and O–H groups in total. The Balaban J connectivity index is 0. The van der Waals surface area contributed by atoms with Crippen LogP contribution >= 0.6 is 0 Å². The van der Waals surface area contributed by atoms with E-state index in [9.17, 15) is 9.59 Å². The lowest BCUT2D eigenvalue weighted by Crippen LogP contribution is -2.35. The molecular formula is C13H24N2O5. The largest absolute Gasteiger partial charge is 0.396 e. The number of aliphatic hydroxyl groups excluding tert-OH is 3. The minimum absolute atomic E-state index is 0.0930. The third-order valence-corrected chi connectivity index (χ3v) is 2.65. The van der Waals surface area contributed by atoms with E-state index in [1.54, 1.807) is 0 Å². The Hall–Kier alpha value is -1.70. The number of carbonyl (C=O) groups is 2. The van der Waals surface area contributed by atoms with Crippen LogP contribution in [-0.2, 0) is 9.59 Å². The number of hydrogen-bond donors (Lipinski definition) is 5. The van der Waals surface area contributed by atoms with E-state index >= 15 is 0 Å². The molecule has 0 spiro atoms. The van der Waals surface area contributed by atoms with Gasteiger partial charge in [0.1, 0.15) is 0 Å². The molecule has 0 heterocycles. The first-order valence-corrected chi connectivity index (χ1v) is 6.08. The summed E-state index contributed by atoms with van der Waals surface area (Å²) in [5.41, 5.74) is -0.667. The van der Waals surface area contributed by atoms with Gasteiger partial charge in [0.2, 0.25) is 11.8 Å². The first-order chi connectivity index (χ1) is 9.44. The quantitative estimate of drug-likeness (QED) is 0.287. The molecule has 0 aromatic heterocycles. The number of amides is 2. The molecule has 0 bridgehead atoms. The Labute approximate surface area is 119 Å². The SMILES string of the molecule is C=CC(=O)NCNC(=O)C=C.CCC(CO)(CO)CO. The van der Waals surface area contributed by atoms with Crippen molar-refractivity contribution in [3.05, 3.63) is 25.3 Å². The summed E-state index contributed by atoms with van der Waals surface area (Å²) in [6, 6.07) is 0. The minimum atomic E-state index is -0.667. The summed E-state index contributed by atoms with van der Waals surface area (Å²) in [4.78, 5) is 21.0. The van der Waals surface area contributed by atoms with Crippen LogP contribution in [0.25, 0.3) is 0 Å². The van der Waals surface area contributed by atoms with Crippen LogP contribution < -0.4 is 10.6 Å². The van der Waals surface area contributed by atoms with Crippen molar-refractivity contribution < 1.29 is 24.9 Å². The normalized spacial score (nSPS) is 9.80. The van der Waals surface area contributed by atoms with E-state index in [1.165, 1.54) is 0 Å². The molecule has 20 heavy (non-hydrogen) atoms. The summed E-state index contributed by atoms with van der Waals surface area (Å²) in [5.74, 6) is -0.649. The molecule has 2 amide bonds. The fourth-order valence-electron chi connectivity index (χ4n) is 0.848. The van der Waals surface area contributed by atoms with Crippen molar-refractivity contribution >= 4 is 11.8 Å². The van der Waals surface area contributed by atoms with Crippen LogP contribution in [0.15, 0.2) is 25.3 Å². The number of rotatable bonds is 8. The Morgan fingerprint density at radius 3 is 1.50 bits per heavy atom. The average molecular weight is 288 g/mol. The van der Waals surface area contributed by atoms with Crippen LogP contribution in [0, 0.1) is 5.41 Å². The van der Waals surface area contributed by atoms with Crippen molar-refractivity contribution in [3.8, 4) is 0 Å². The molecule has 0 aliphatic carbocycles. The highest BCUT2D eigenvalue weighted by Gasteiger charge is 2.24. The fraction of sp³-hybridized carbons (Fsp3) is 0.538. The summed E-state index contributed by atoms with van der Waals surface area (Å²) in [6.07, 6.45) is 2.84. The van der Waals surface area contributed by atoms with Gasteiger partial charge < -0.3 is 26.0 Å². The van der Waals surface area contributed by atoms with E-state index in [4.69, 9.17) is 15.3 Å². The van der Waals surface area contributed by atoms with Gasteiger partial charge >= 0.3 is 0 Å². The Kier molecular flexibility index (Phi) is 12.7. The predicted octanol–water partition coefficient (Wildman–Crippen LogP) is -1.09. The zero-order valence-electron chi connectivity index (χ0n) is 11.8. The molecule has 0 aliphatic rings. The predicted molar refractivity (Wildman–Crippen MR) is 75.5 cm³/mol. The molecule has 0 aromatic carbocycles. The van der Waals surface area contributed by atoms with Crippen LogP contribution in [0.2, 0.25) is 0 Å². The van der Waals surface area contributed by atoms with E-state index in [1.807, 2.05) is 6.92 Å². The summed E-state index contributed by atoms with van der Waals surface area (Å²) in [5, 5.41) is 30.7. The first-order valence-electron chi connectivity index (χ1n) is 6.08. The van der Waals surface area contributed by atoms with Gasteiger partial charge in [0.15, 0.2) is 0 Å². The van der Waals surface area contributed by atoms with Gasteiger partial charge in [0.05, 0.1) is 26.5 Å². The van der Waals surface area contributed by atoms with Gasteiger partial charge in [0.25, 0.3) is 0 Å². The van der Waals surface area contributed by atoms with Gasteiger partial charge in [-0.3, -0.25) is 9.59 Å². The number of aliphatic hydroxyl groups is 3. The van der Waals surface area contributed by atoms with Gasteiger partial charge in [0, 0.05) is 5.41 Å². The standard InChI is InChI=1S/C7H10N2O2.C6H14O3/c1-3-6(10)8-5-9-7(11)4-2;1-2-6(3-7,4-8)5-9/h3-4H,1-2,5H2,(H,8,10)(H,9,11);7-9H,2-5H2,1H3. The lowest BCUT2D eigenvalue weighted by atomic mass is 9.88. The highest BCUT2D eigenvalue weighted by molar-refractivity contribution is 5.89. The molecule has 7 heteroatoms. The van der Waals surface area contributed by atoms with E-state index in [2.05, 4.69) is 23.8 Å². The van der Waals surface area contributed by atoms with Crippen molar-refractivity contribution in [2.24, 2.45) is 5.41 Å². The fourth-order valence-corrected chi connectivity index (χ4v) is 0.848. The molecule has 0 rings (SSSR count). The topological polar surface area (TPSA) is 119 Å². The van der Waals surface area contributed by atoms with Gasteiger partial charge in [-0.25, -0.2) is 0 Å². The second-order valence-corrected chi connectivity index (χ2v) is 3.99. The lowest BCUT2D eigenvalue weighted by Gasteiger charge is -2.24. The molecule has 7 nitrogen and oxygen atoms in total. The van der Waals surface area contributed by atoms with Crippen LogP contribution in [0.1, 0.15) is 13.3 Å².